The topological polar surface area (TPSA) is 85.5 Å². The summed E-state index contributed by atoms with van der Waals surface area (Å²) in [6.45, 7) is 3.39. The average molecular weight is 374 g/mol. The van der Waals surface area contributed by atoms with Crippen LogP contribution in [-0.4, -0.2) is 25.6 Å². The van der Waals surface area contributed by atoms with Crippen molar-refractivity contribution in [1.82, 2.24) is 14.0 Å². The number of hydrogen-bond donors (Lipinski definition) is 1. The van der Waals surface area contributed by atoms with E-state index in [2.05, 4.69) is 10.3 Å². The van der Waals surface area contributed by atoms with Gasteiger partial charge >= 0.3 is 0 Å². The van der Waals surface area contributed by atoms with Gasteiger partial charge in [-0.15, -0.1) is 0 Å². The van der Waals surface area contributed by atoms with Gasteiger partial charge in [0.05, 0.1) is 5.39 Å². The SMILES string of the molecule is CC(=O)c1ccc(NC(=O)c2cc3c(=O)n4cc(C)ccc4nc3n2C)cc1. The first-order valence-corrected chi connectivity index (χ1v) is 8.76. The van der Waals surface area contributed by atoms with Crippen LogP contribution in [0.2, 0.25) is 0 Å². The summed E-state index contributed by atoms with van der Waals surface area (Å²) < 4.78 is 3.09. The van der Waals surface area contributed by atoms with E-state index in [1.54, 1.807) is 54.2 Å². The first-order chi connectivity index (χ1) is 13.3. The van der Waals surface area contributed by atoms with Crippen LogP contribution in [0.1, 0.15) is 33.3 Å². The molecule has 3 heterocycles. The molecule has 28 heavy (non-hydrogen) atoms. The van der Waals surface area contributed by atoms with Crippen molar-refractivity contribution in [3.63, 3.8) is 0 Å². The number of nitrogens with one attached hydrogen (secondary N) is 1. The number of fused-ring (bicyclic) bond motifs is 2. The van der Waals surface area contributed by atoms with Gasteiger partial charge in [-0.3, -0.25) is 18.8 Å². The Kier molecular flexibility index (Phi) is 4.07. The van der Waals surface area contributed by atoms with Crippen LogP contribution in [0.25, 0.3) is 16.7 Å². The highest BCUT2D eigenvalue weighted by Crippen LogP contribution is 2.17. The molecule has 0 aliphatic rings. The minimum Gasteiger partial charge on any atom is -0.324 e. The number of aryl methyl sites for hydroxylation is 2. The minimum atomic E-state index is -0.360. The maximum atomic E-state index is 12.8. The zero-order valence-electron chi connectivity index (χ0n) is 15.7. The molecule has 140 valence electrons. The Hall–Kier alpha value is -3.74. The summed E-state index contributed by atoms with van der Waals surface area (Å²) in [5.74, 6) is -0.402. The number of hydrogen-bond acceptors (Lipinski definition) is 4. The van der Waals surface area contributed by atoms with Crippen LogP contribution < -0.4 is 10.9 Å². The Bertz CT molecular complexity index is 1310. The lowest BCUT2D eigenvalue weighted by Crippen LogP contribution is -2.16. The molecule has 0 fully saturated rings. The number of Topliss-reactive ketones (excluding diaryl/α,β-unsaturated/α-hetero) is 1. The lowest BCUT2D eigenvalue weighted by Gasteiger charge is -2.07. The van der Waals surface area contributed by atoms with E-state index in [9.17, 15) is 14.4 Å². The van der Waals surface area contributed by atoms with Gasteiger partial charge < -0.3 is 9.88 Å². The van der Waals surface area contributed by atoms with Crippen LogP contribution in [0.5, 0.6) is 0 Å². The third-order valence-electron chi connectivity index (χ3n) is 4.73. The standard InChI is InChI=1S/C21H18N4O3/c1-12-4-9-18-23-19-16(21(28)25(18)11-12)10-17(24(19)3)20(27)22-15-7-5-14(6-8-15)13(2)26/h4-11H,1-3H3,(H,22,27). The lowest BCUT2D eigenvalue weighted by molar-refractivity contribution is 0.101. The second-order valence-electron chi connectivity index (χ2n) is 6.77. The summed E-state index contributed by atoms with van der Waals surface area (Å²) in [4.78, 5) is 41.5. The van der Waals surface area contributed by atoms with E-state index < -0.39 is 0 Å². The highest BCUT2D eigenvalue weighted by Gasteiger charge is 2.18. The van der Waals surface area contributed by atoms with Gasteiger partial charge in [0.25, 0.3) is 11.5 Å². The summed E-state index contributed by atoms with van der Waals surface area (Å²) >= 11 is 0. The molecule has 0 bridgehead atoms. The van der Waals surface area contributed by atoms with E-state index in [1.165, 1.54) is 11.3 Å². The van der Waals surface area contributed by atoms with Crippen molar-refractivity contribution in [3.05, 3.63) is 75.8 Å². The Balaban J connectivity index is 1.76. The molecule has 0 spiro atoms. The van der Waals surface area contributed by atoms with Crippen LogP contribution in [0.3, 0.4) is 0 Å². The zero-order chi connectivity index (χ0) is 20.0. The number of anilines is 1. The number of benzene rings is 1. The predicted molar refractivity (Wildman–Crippen MR) is 107 cm³/mol. The van der Waals surface area contributed by atoms with Crippen LogP contribution in [-0.2, 0) is 7.05 Å². The molecule has 0 saturated heterocycles. The molecule has 0 unspecified atom stereocenters. The van der Waals surface area contributed by atoms with Crippen molar-refractivity contribution in [2.24, 2.45) is 7.05 Å². The van der Waals surface area contributed by atoms with Gasteiger partial charge in [0, 0.05) is 24.5 Å². The summed E-state index contributed by atoms with van der Waals surface area (Å²) in [6, 6.07) is 11.9. The fraction of sp³-hybridized carbons (Fsp3) is 0.143. The zero-order valence-corrected chi connectivity index (χ0v) is 15.7. The van der Waals surface area contributed by atoms with Gasteiger partial charge in [-0.05, 0) is 55.8 Å². The molecule has 0 aliphatic carbocycles. The number of amides is 1. The van der Waals surface area contributed by atoms with E-state index in [-0.39, 0.29) is 17.2 Å². The molecule has 4 aromatic rings. The molecule has 7 nitrogen and oxygen atoms in total. The predicted octanol–water partition coefficient (Wildman–Crippen LogP) is 2.95. The normalized spacial score (nSPS) is 11.1. The fourth-order valence-electron chi connectivity index (χ4n) is 3.18. The number of pyridine rings is 1. The first-order valence-electron chi connectivity index (χ1n) is 8.76. The Morgan fingerprint density at radius 1 is 1.07 bits per heavy atom. The molecule has 0 atom stereocenters. The van der Waals surface area contributed by atoms with Gasteiger partial charge in [0.15, 0.2) is 5.78 Å². The van der Waals surface area contributed by atoms with Gasteiger partial charge in [-0.2, -0.15) is 0 Å². The molecule has 7 heteroatoms. The maximum Gasteiger partial charge on any atom is 0.272 e. The monoisotopic (exact) mass is 374 g/mol. The highest BCUT2D eigenvalue weighted by molar-refractivity contribution is 6.06. The van der Waals surface area contributed by atoms with Crippen molar-refractivity contribution in [2.75, 3.05) is 5.32 Å². The first kappa shape index (κ1) is 17.7. The van der Waals surface area contributed by atoms with Crippen molar-refractivity contribution in [1.29, 1.82) is 0 Å². The van der Waals surface area contributed by atoms with Crippen LogP contribution >= 0.6 is 0 Å². The van der Waals surface area contributed by atoms with Crippen molar-refractivity contribution >= 4 is 34.1 Å². The Morgan fingerprint density at radius 2 is 1.79 bits per heavy atom. The molecule has 4 rings (SSSR count). The molecule has 1 amide bonds. The quantitative estimate of drug-likeness (QED) is 0.559. The summed E-state index contributed by atoms with van der Waals surface area (Å²) in [7, 11) is 1.70. The van der Waals surface area contributed by atoms with E-state index in [1.807, 2.05) is 13.0 Å². The van der Waals surface area contributed by atoms with Crippen LogP contribution in [0, 0.1) is 6.92 Å². The number of ketones is 1. The summed E-state index contributed by atoms with van der Waals surface area (Å²) in [5.41, 5.74) is 3.15. The molecular formula is C21H18N4O3. The Labute approximate surface area is 160 Å². The van der Waals surface area contributed by atoms with Crippen molar-refractivity contribution in [3.8, 4) is 0 Å². The highest BCUT2D eigenvalue weighted by atomic mass is 16.2. The molecule has 3 aromatic heterocycles. The van der Waals surface area contributed by atoms with Crippen molar-refractivity contribution < 1.29 is 9.59 Å². The Morgan fingerprint density at radius 3 is 2.46 bits per heavy atom. The van der Waals surface area contributed by atoms with Gasteiger partial charge in [0.2, 0.25) is 0 Å². The van der Waals surface area contributed by atoms with Gasteiger partial charge in [-0.25, -0.2) is 4.98 Å². The third kappa shape index (κ3) is 2.87. The molecule has 1 N–H and O–H groups in total. The lowest BCUT2D eigenvalue weighted by atomic mass is 10.1. The maximum absolute atomic E-state index is 12.8. The summed E-state index contributed by atoms with van der Waals surface area (Å²) in [5, 5.41) is 3.17. The van der Waals surface area contributed by atoms with E-state index >= 15 is 0 Å². The number of carbonyl (C=O) groups is 2. The molecule has 1 aromatic carbocycles. The number of carbonyl (C=O) groups excluding carboxylic acids is 2. The molecule has 0 saturated carbocycles. The van der Waals surface area contributed by atoms with E-state index in [0.29, 0.717) is 33.6 Å². The summed E-state index contributed by atoms with van der Waals surface area (Å²) in [6.07, 6.45) is 1.73. The molecular weight excluding hydrogens is 356 g/mol. The largest absolute Gasteiger partial charge is 0.324 e. The van der Waals surface area contributed by atoms with Crippen LogP contribution in [0.15, 0.2) is 53.5 Å². The third-order valence-corrected chi connectivity index (χ3v) is 4.73. The van der Waals surface area contributed by atoms with E-state index in [0.717, 1.165) is 5.56 Å². The number of rotatable bonds is 3. The average Bonchev–Trinajstić information content (AvgIpc) is 3.00. The number of nitrogens with zero attached hydrogens (tertiary/aromatic N) is 3. The second kappa shape index (κ2) is 6.45. The minimum absolute atomic E-state index is 0.0413. The van der Waals surface area contributed by atoms with Crippen LogP contribution in [0.4, 0.5) is 5.69 Å². The molecule has 0 radical (unpaired) electrons. The van der Waals surface area contributed by atoms with Crippen molar-refractivity contribution in [2.45, 2.75) is 13.8 Å². The van der Waals surface area contributed by atoms with Gasteiger partial charge in [0.1, 0.15) is 17.0 Å². The smallest absolute Gasteiger partial charge is 0.272 e. The second-order valence-corrected chi connectivity index (χ2v) is 6.77. The van der Waals surface area contributed by atoms with E-state index in [4.69, 9.17) is 0 Å². The van der Waals surface area contributed by atoms with Gasteiger partial charge in [-0.1, -0.05) is 6.07 Å². The molecule has 0 aliphatic heterocycles. The fourth-order valence-corrected chi connectivity index (χ4v) is 3.18. The number of aromatic nitrogens is 3.